The van der Waals surface area contributed by atoms with Gasteiger partial charge in [-0.2, -0.15) is 0 Å². The first-order valence-electron chi connectivity index (χ1n) is 4.16. The molecule has 0 fully saturated rings. The highest BCUT2D eigenvalue weighted by Crippen LogP contribution is 2.07. The van der Waals surface area contributed by atoms with Gasteiger partial charge in [0, 0.05) is 24.5 Å². The molecule has 0 radical (unpaired) electrons. The lowest BCUT2D eigenvalue weighted by molar-refractivity contribution is 0.160. The van der Waals surface area contributed by atoms with Crippen molar-refractivity contribution in [3.63, 3.8) is 0 Å². The Bertz CT molecular complexity index is 236. The van der Waals surface area contributed by atoms with E-state index in [1.54, 1.807) is 0 Å². The summed E-state index contributed by atoms with van der Waals surface area (Å²) in [5.74, 6) is 0. The Kier molecular flexibility index (Phi) is 2.89. The van der Waals surface area contributed by atoms with Gasteiger partial charge in [-0.15, -0.1) is 0 Å². The Morgan fingerprint density at radius 3 is 2.33 bits per heavy atom. The summed E-state index contributed by atoms with van der Waals surface area (Å²) in [6.45, 7) is 4.96. The average molecular weight is 168 g/mol. The minimum Gasteiger partial charge on any atom is -0.390 e. The Morgan fingerprint density at radius 1 is 1.42 bits per heavy atom. The minimum absolute atomic E-state index is 0.317. The molecular weight excluding hydrogens is 152 g/mol. The number of hydrogen-bond donors (Lipinski definition) is 2. The van der Waals surface area contributed by atoms with Crippen molar-refractivity contribution in [1.29, 1.82) is 0 Å². The fourth-order valence-corrected chi connectivity index (χ4v) is 1.27. The van der Waals surface area contributed by atoms with Gasteiger partial charge in [-0.05, 0) is 26.0 Å². The van der Waals surface area contributed by atoms with Gasteiger partial charge >= 0.3 is 0 Å². The molecule has 1 rings (SSSR count). The zero-order valence-electron chi connectivity index (χ0n) is 7.62. The van der Waals surface area contributed by atoms with Crippen molar-refractivity contribution in [2.24, 2.45) is 5.73 Å². The molecule has 1 heterocycles. The van der Waals surface area contributed by atoms with E-state index in [0.717, 1.165) is 0 Å². The molecule has 3 nitrogen and oxygen atoms in total. The minimum atomic E-state index is -0.435. The molecule has 1 unspecified atom stereocenters. The van der Waals surface area contributed by atoms with E-state index < -0.39 is 6.10 Å². The van der Waals surface area contributed by atoms with Gasteiger partial charge in [0.05, 0.1) is 6.10 Å². The second-order valence-corrected chi connectivity index (χ2v) is 3.12. The van der Waals surface area contributed by atoms with Crippen LogP contribution in [0.2, 0.25) is 0 Å². The predicted molar refractivity (Wildman–Crippen MR) is 49.0 cm³/mol. The van der Waals surface area contributed by atoms with Gasteiger partial charge in [-0.1, -0.05) is 0 Å². The van der Waals surface area contributed by atoms with Crippen LogP contribution >= 0.6 is 0 Å². The molecule has 0 saturated heterocycles. The summed E-state index contributed by atoms with van der Waals surface area (Å²) < 4.78 is 2.07. The molecule has 1 aromatic rings. The number of aliphatic hydroxyl groups is 1. The van der Waals surface area contributed by atoms with Crippen molar-refractivity contribution in [2.45, 2.75) is 26.5 Å². The first-order valence-corrected chi connectivity index (χ1v) is 4.16. The van der Waals surface area contributed by atoms with Gasteiger partial charge in [0.15, 0.2) is 0 Å². The van der Waals surface area contributed by atoms with E-state index in [1.165, 1.54) is 11.4 Å². The summed E-state index contributed by atoms with van der Waals surface area (Å²) in [6.07, 6.45) is -0.435. The van der Waals surface area contributed by atoms with Crippen LogP contribution in [0, 0.1) is 13.8 Å². The lowest BCUT2D eigenvalue weighted by atomic mass is 10.3. The Hall–Kier alpha value is -0.800. The Morgan fingerprint density at radius 2 is 1.92 bits per heavy atom. The van der Waals surface area contributed by atoms with Crippen molar-refractivity contribution >= 4 is 0 Å². The monoisotopic (exact) mass is 168 g/mol. The maximum absolute atomic E-state index is 9.33. The Balaban J connectivity index is 2.73. The van der Waals surface area contributed by atoms with Gasteiger partial charge < -0.3 is 15.4 Å². The van der Waals surface area contributed by atoms with Crippen LogP contribution in [0.3, 0.4) is 0 Å². The summed E-state index contributed by atoms with van der Waals surface area (Å²) in [5.41, 5.74) is 7.66. The van der Waals surface area contributed by atoms with Crippen LogP contribution in [0.15, 0.2) is 12.1 Å². The standard InChI is InChI=1S/C9H16N2O/c1-7-3-4-8(2)11(7)6-9(12)5-10/h3-4,9,12H,5-6,10H2,1-2H3. The lowest BCUT2D eigenvalue weighted by Gasteiger charge is -2.12. The van der Waals surface area contributed by atoms with Gasteiger partial charge in [0.25, 0.3) is 0 Å². The molecule has 0 spiro atoms. The summed E-state index contributed by atoms with van der Waals surface area (Å²) >= 11 is 0. The van der Waals surface area contributed by atoms with E-state index in [4.69, 9.17) is 5.73 Å². The SMILES string of the molecule is Cc1ccc(C)n1CC(O)CN. The van der Waals surface area contributed by atoms with Crippen LogP contribution in [0.4, 0.5) is 0 Å². The van der Waals surface area contributed by atoms with E-state index in [9.17, 15) is 5.11 Å². The molecule has 0 aromatic carbocycles. The molecule has 0 aliphatic heterocycles. The third kappa shape index (κ3) is 1.87. The summed E-state index contributed by atoms with van der Waals surface area (Å²) in [5, 5.41) is 9.33. The molecule has 68 valence electrons. The van der Waals surface area contributed by atoms with Crippen LogP contribution < -0.4 is 5.73 Å². The first-order chi connectivity index (χ1) is 5.65. The summed E-state index contributed by atoms with van der Waals surface area (Å²) in [4.78, 5) is 0. The summed E-state index contributed by atoms with van der Waals surface area (Å²) in [6, 6.07) is 4.08. The van der Waals surface area contributed by atoms with Crippen LogP contribution in [0.5, 0.6) is 0 Å². The number of hydrogen-bond acceptors (Lipinski definition) is 2. The van der Waals surface area contributed by atoms with Crippen LogP contribution in [-0.4, -0.2) is 22.3 Å². The van der Waals surface area contributed by atoms with Crippen molar-refractivity contribution in [3.8, 4) is 0 Å². The van der Waals surface area contributed by atoms with Crippen LogP contribution in [0.25, 0.3) is 0 Å². The number of aromatic nitrogens is 1. The number of nitrogens with two attached hydrogens (primary N) is 1. The van der Waals surface area contributed by atoms with E-state index in [2.05, 4.69) is 4.57 Å². The third-order valence-corrected chi connectivity index (χ3v) is 2.08. The second kappa shape index (κ2) is 3.74. The van der Waals surface area contributed by atoms with E-state index in [1.807, 2.05) is 26.0 Å². The van der Waals surface area contributed by atoms with Crippen molar-refractivity contribution in [2.75, 3.05) is 6.54 Å². The molecule has 12 heavy (non-hydrogen) atoms. The van der Waals surface area contributed by atoms with Gasteiger partial charge in [0.2, 0.25) is 0 Å². The first kappa shape index (κ1) is 9.29. The van der Waals surface area contributed by atoms with Gasteiger partial charge in [-0.25, -0.2) is 0 Å². The topological polar surface area (TPSA) is 51.2 Å². The van der Waals surface area contributed by atoms with Crippen LogP contribution in [-0.2, 0) is 6.54 Å². The summed E-state index contributed by atoms with van der Waals surface area (Å²) in [7, 11) is 0. The van der Waals surface area contributed by atoms with Gasteiger partial charge in [0.1, 0.15) is 0 Å². The molecule has 3 N–H and O–H groups in total. The van der Waals surface area contributed by atoms with Crippen molar-refractivity contribution < 1.29 is 5.11 Å². The lowest BCUT2D eigenvalue weighted by Crippen LogP contribution is -2.26. The smallest absolute Gasteiger partial charge is 0.0841 e. The highest BCUT2D eigenvalue weighted by Gasteiger charge is 2.05. The maximum Gasteiger partial charge on any atom is 0.0841 e. The predicted octanol–water partition coefficient (Wildman–Crippen LogP) is 0.425. The van der Waals surface area contributed by atoms with Crippen LogP contribution in [0.1, 0.15) is 11.4 Å². The number of aryl methyl sites for hydroxylation is 2. The highest BCUT2D eigenvalue weighted by atomic mass is 16.3. The van der Waals surface area contributed by atoms with Gasteiger partial charge in [-0.3, -0.25) is 0 Å². The highest BCUT2D eigenvalue weighted by molar-refractivity contribution is 5.13. The molecule has 0 amide bonds. The molecule has 0 bridgehead atoms. The van der Waals surface area contributed by atoms with E-state index >= 15 is 0 Å². The largest absolute Gasteiger partial charge is 0.390 e. The normalized spacial score (nSPS) is 13.3. The van der Waals surface area contributed by atoms with E-state index in [-0.39, 0.29) is 0 Å². The zero-order valence-corrected chi connectivity index (χ0v) is 7.62. The number of aliphatic hydroxyl groups excluding tert-OH is 1. The van der Waals surface area contributed by atoms with Crippen molar-refractivity contribution in [3.05, 3.63) is 23.5 Å². The zero-order chi connectivity index (χ0) is 9.14. The molecule has 0 aliphatic rings. The fraction of sp³-hybridized carbons (Fsp3) is 0.556. The third-order valence-electron chi connectivity index (χ3n) is 2.08. The Labute approximate surface area is 72.8 Å². The molecule has 0 saturated carbocycles. The van der Waals surface area contributed by atoms with E-state index in [0.29, 0.717) is 13.1 Å². The molecular formula is C9H16N2O. The molecule has 0 aliphatic carbocycles. The average Bonchev–Trinajstić information content (AvgIpc) is 2.35. The molecule has 3 heteroatoms. The molecule has 1 atom stereocenters. The second-order valence-electron chi connectivity index (χ2n) is 3.12. The molecule has 1 aromatic heterocycles. The number of nitrogens with zero attached hydrogens (tertiary/aromatic N) is 1. The maximum atomic E-state index is 9.33. The number of rotatable bonds is 3. The quantitative estimate of drug-likeness (QED) is 0.687. The van der Waals surface area contributed by atoms with Crippen molar-refractivity contribution in [1.82, 2.24) is 4.57 Å². The fourth-order valence-electron chi connectivity index (χ4n) is 1.27.